The molecule has 0 fully saturated rings. The van der Waals surface area contributed by atoms with E-state index in [4.69, 9.17) is 17.0 Å². The minimum absolute atomic E-state index is 0.681. The number of nitrogens with one attached hydrogen (secondary N) is 1. The molecule has 0 saturated carbocycles. The Hall–Kier alpha value is -2.07. The third-order valence-electron chi connectivity index (χ3n) is 3.28. The van der Waals surface area contributed by atoms with Crippen LogP contribution in [-0.2, 0) is 6.54 Å². The van der Waals surface area contributed by atoms with Crippen molar-refractivity contribution in [1.82, 2.24) is 10.2 Å². The van der Waals surface area contributed by atoms with Gasteiger partial charge in [-0.25, -0.2) is 0 Å². The molecule has 0 spiro atoms. The van der Waals surface area contributed by atoms with Gasteiger partial charge in [0.05, 0.1) is 7.11 Å². The van der Waals surface area contributed by atoms with Crippen LogP contribution >= 0.6 is 12.2 Å². The molecule has 0 aromatic heterocycles. The molecule has 4 heteroatoms. The fourth-order valence-electron chi connectivity index (χ4n) is 2.14. The van der Waals surface area contributed by atoms with Crippen LogP contribution in [0.1, 0.15) is 5.56 Å². The van der Waals surface area contributed by atoms with Crippen molar-refractivity contribution in [3.8, 4) is 5.75 Å². The number of ether oxygens (including phenoxy) is 1. The molecule has 2 rings (SSSR count). The molecule has 0 amide bonds. The first-order valence-corrected chi connectivity index (χ1v) is 7.21. The summed E-state index contributed by atoms with van der Waals surface area (Å²) < 4.78 is 5.24. The molecule has 0 atom stereocenters. The number of benzene rings is 2. The van der Waals surface area contributed by atoms with Crippen LogP contribution in [0.25, 0.3) is 10.8 Å². The maximum atomic E-state index is 5.32. The van der Waals surface area contributed by atoms with E-state index >= 15 is 0 Å². The molecule has 0 aliphatic heterocycles. The van der Waals surface area contributed by atoms with Gasteiger partial charge in [-0.15, -0.1) is 6.58 Å². The Morgan fingerprint density at radius 3 is 2.71 bits per heavy atom. The summed E-state index contributed by atoms with van der Waals surface area (Å²) in [5.41, 5.74) is 1.22. The van der Waals surface area contributed by atoms with Crippen LogP contribution in [0.4, 0.5) is 0 Å². The monoisotopic (exact) mass is 300 g/mol. The highest BCUT2D eigenvalue weighted by atomic mass is 32.1. The second kappa shape index (κ2) is 7.09. The lowest BCUT2D eigenvalue weighted by molar-refractivity contribution is 0.415. The van der Waals surface area contributed by atoms with E-state index in [1.807, 2.05) is 24.1 Å². The number of fused-ring (bicyclic) bond motifs is 1. The van der Waals surface area contributed by atoms with Crippen molar-refractivity contribution in [2.24, 2.45) is 0 Å². The molecule has 21 heavy (non-hydrogen) atoms. The standard InChI is InChI=1S/C17H20N2OS/c1-4-9-18-17(21)19(2)12-13-5-6-15-11-16(20-3)8-7-14(15)10-13/h4-8,10-11H,1,9,12H2,2-3H3,(H,18,21). The van der Waals surface area contributed by atoms with Crippen molar-refractivity contribution >= 4 is 28.1 Å². The van der Waals surface area contributed by atoms with E-state index < -0.39 is 0 Å². The van der Waals surface area contributed by atoms with Crippen molar-refractivity contribution in [2.45, 2.75) is 6.54 Å². The number of rotatable bonds is 5. The average Bonchev–Trinajstić information content (AvgIpc) is 2.51. The third kappa shape index (κ3) is 3.95. The molecule has 0 aliphatic carbocycles. The lowest BCUT2D eigenvalue weighted by Crippen LogP contribution is -2.36. The van der Waals surface area contributed by atoms with Gasteiger partial charge in [0.1, 0.15) is 5.75 Å². The third-order valence-corrected chi connectivity index (χ3v) is 3.73. The molecule has 2 aromatic rings. The molecular formula is C17H20N2OS. The van der Waals surface area contributed by atoms with Crippen molar-refractivity contribution in [2.75, 3.05) is 20.7 Å². The van der Waals surface area contributed by atoms with Gasteiger partial charge in [-0.2, -0.15) is 0 Å². The van der Waals surface area contributed by atoms with E-state index in [0.29, 0.717) is 6.54 Å². The van der Waals surface area contributed by atoms with Crippen molar-refractivity contribution in [3.05, 3.63) is 54.6 Å². The molecule has 0 radical (unpaired) electrons. The SMILES string of the molecule is C=CCNC(=S)N(C)Cc1ccc2cc(OC)ccc2c1. The average molecular weight is 300 g/mol. The molecular weight excluding hydrogens is 280 g/mol. The maximum Gasteiger partial charge on any atom is 0.169 e. The number of nitrogens with zero attached hydrogens (tertiary/aromatic N) is 1. The van der Waals surface area contributed by atoms with Crippen LogP contribution in [0.3, 0.4) is 0 Å². The van der Waals surface area contributed by atoms with Crippen LogP contribution in [0, 0.1) is 0 Å². The zero-order valence-electron chi connectivity index (χ0n) is 12.4. The van der Waals surface area contributed by atoms with E-state index in [1.54, 1.807) is 13.2 Å². The minimum Gasteiger partial charge on any atom is -0.497 e. The molecule has 0 heterocycles. The normalized spacial score (nSPS) is 10.2. The molecule has 0 unspecified atom stereocenters. The Kier molecular flexibility index (Phi) is 5.17. The van der Waals surface area contributed by atoms with E-state index in [9.17, 15) is 0 Å². The van der Waals surface area contributed by atoms with Gasteiger partial charge in [0.25, 0.3) is 0 Å². The zero-order valence-corrected chi connectivity index (χ0v) is 13.2. The lowest BCUT2D eigenvalue weighted by atomic mass is 10.1. The lowest BCUT2D eigenvalue weighted by Gasteiger charge is -2.20. The zero-order chi connectivity index (χ0) is 15.2. The maximum absolute atomic E-state index is 5.32. The molecule has 0 bridgehead atoms. The van der Waals surface area contributed by atoms with Gasteiger partial charge < -0.3 is 15.0 Å². The Bertz CT molecular complexity index is 654. The Labute approximate surface area is 131 Å². The minimum atomic E-state index is 0.681. The van der Waals surface area contributed by atoms with Gasteiger partial charge in [0, 0.05) is 20.1 Å². The molecule has 0 aliphatic rings. The Balaban J connectivity index is 2.12. The van der Waals surface area contributed by atoms with Gasteiger partial charge in [0.15, 0.2) is 5.11 Å². The number of hydrogen-bond acceptors (Lipinski definition) is 2. The van der Waals surface area contributed by atoms with Crippen LogP contribution in [0.2, 0.25) is 0 Å². The summed E-state index contributed by atoms with van der Waals surface area (Å²) in [7, 11) is 3.67. The first-order valence-electron chi connectivity index (χ1n) is 6.80. The van der Waals surface area contributed by atoms with Crippen molar-refractivity contribution in [1.29, 1.82) is 0 Å². The summed E-state index contributed by atoms with van der Waals surface area (Å²) in [5.74, 6) is 0.877. The van der Waals surface area contributed by atoms with E-state index in [0.717, 1.165) is 17.4 Å². The summed E-state index contributed by atoms with van der Waals surface area (Å²) >= 11 is 5.32. The number of thiocarbonyl (C=S) groups is 1. The highest BCUT2D eigenvalue weighted by Gasteiger charge is 2.05. The molecule has 2 aromatic carbocycles. The molecule has 0 saturated heterocycles. The summed E-state index contributed by atoms with van der Waals surface area (Å²) in [6, 6.07) is 12.5. The predicted molar refractivity (Wildman–Crippen MR) is 92.8 cm³/mol. The first kappa shape index (κ1) is 15.3. The van der Waals surface area contributed by atoms with Crippen LogP contribution in [0.15, 0.2) is 49.1 Å². The van der Waals surface area contributed by atoms with Crippen LogP contribution < -0.4 is 10.1 Å². The molecule has 110 valence electrons. The van der Waals surface area contributed by atoms with Gasteiger partial charge in [0.2, 0.25) is 0 Å². The molecule has 3 nitrogen and oxygen atoms in total. The van der Waals surface area contributed by atoms with E-state index in [-0.39, 0.29) is 0 Å². The van der Waals surface area contributed by atoms with Gasteiger partial charge in [-0.1, -0.05) is 24.3 Å². The van der Waals surface area contributed by atoms with Crippen molar-refractivity contribution in [3.63, 3.8) is 0 Å². The van der Waals surface area contributed by atoms with E-state index in [1.165, 1.54) is 16.3 Å². The number of methoxy groups -OCH3 is 1. The smallest absolute Gasteiger partial charge is 0.169 e. The van der Waals surface area contributed by atoms with Crippen LogP contribution in [0.5, 0.6) is 5.75 Å². The van der Waals surface area contributed by atoms with Crippen molar-refractivity contribution < 1.29 is 4.74 Å². The second-order valence-corrected chi connectivity index (χ2v) is 5.26. The quantitative estimate of drug-likeness (QED) is 0.676. The molecule has 1 N–H and O–H groups in total. The fraction of sp³-hybridized carbons (Fsp3) is 0.235. The largest absolute Gasteiger partial charge is 0.497 e. The fourth-order valence-corrected chi connectivity index (χ4v) is 2.29. The summed E-state index contributed by atoms with van der Waals surface area (Å²) in [5, 5.41) is 6.23. The summed E-state index contributed by atoms with van der Waals surface area (Å²) in [4.78, 5) is 2.02. The van der Waals surface area contributed by atoms with Gasteiger partial charge in [-0.3, -0.25) is 0 Å². The van der Waals surface area contributed by atoms with Crippen LogP contribution in [-0.4, -0.2) is 30.7 Å². The highest BCUT2D eigenvalue weighted by Crippen LogP contribution is 2.22. The predicted octanol–water partition coefficient (Wildman–Crippen LogP) is 3.34. The summed E-state index contributed by atoms with van der Waals surface area (Å²) in [6.45, 7) is 5.12. The highest BCUT2D eigenvalue weighted by molar-refractivity contribution is 7.80. The number of hydrogen-bond donors (Lipinski definition) is 1. The topological polar surface area (TPSA) is 24.5 Å². The van der Waals surface area contributed by atoms with E-state index in [2.05, 4.69) is 36.2 Å². The Morgan fingerprint density at radius 1 is 1.29 bits per heavy atom. The summed E-state index contributed by atoms with van der Waals surface area (Å²) in [6.07, 6.45) is 1.80. The first-order chi connectivity index (χ1) is 10.1. The Morgan fingerprint density at radius 2 is 2.00 bits per heavy atom. The van der Waals surface area contributed by atoms with Gasteiger partial charge in [-0.05, 0) is 46.8 Å². The second-order valence-electron chi connectivity index (χ2n) is 4.88. The van der Waals surface area contributed by atoms with Gasteiger partial charge >= 0.3 is 0 Å².